The second-order valence-corrected chi connectivity index (χ2v) is 7.19. The topological polar surface area (TPSA) is 93.1 Å². The van der Waals surface area contributed by atoms with Crippen molar-refractivity contribution in [2.24, 2.45) is 15.7 Å². The molecule has 0 saturated carbocycles. The van der Waals surface area contributed by atoms with Gasteiger partial charge in [0.15, 0.2) is 6.61 Å². The fourth-order valence-corrected chi connectivity index (χ4v) is 3.09. The zero-order valence-electron chi connectivity index (χ0n) is 19.0. The molecule has 1 atom stereocenters. The van der Waals surface area contributed by atoms with Crippen molar-refractivity contribution in [3.05, 3.63) is 90.1 Å². The summed E-state index contributed by atoms with van der Waals surface area (Å²) in [5, 5.41) is 11.1. The number of aromatic nitrogens is 1. The van der Waals surface area contributed by atoms with Gasteiger partial charge in [-0.3, -0.25) is 14.4 Å². The van der Waals surface area contributed by atoms with Crippen molar-refractivity contribution in [3.63, 3.8) is 0 Å². The molecule has 0 saturated heterocycles. The summed E-state index contributed by atoms with van der Waals surface area (Å²) in [5.74, 6) is -0.867. The van der Waals surface area contributed by atoms with Gasteiger partial charge in [0.1, 0.15) is 12.1 Å². The normalized spacial score (nSPS) is 13.0. The number of alkyl halides is 3. The van der Waals surface area contributed by atoms with Crippen LogP contribution in [0.2, 0.25) is 0 Å². The van der Waals surface area contributed by atoms with E-state index >= 15 is 4.39 Å². The molecule has 3 rings (SSSR count). The van der Waals surface area contributed by atoms with Gasteiger partial charge in [-0.1, -0.05) is 17.8 Å². The summed E-state index contributed by atoms with van der Waals surface area (Å²) in [6, 6.07) is 14.5. The van der Waals surface area contributed by atoms with Crippen LogP contribution in [0.5, 0.6) is 5.75 Å². The van der Waals surface area contributed by atoms with Gasteiger partial charge in [0.2, 0.25) is 0 Å². The number of halogens is 5. The molecule has 1 aromatic heterocycles. The van der Waals surface area contributed by atoms with Crippen molar-refractivity contribution in [2.45, 2.75) is 11.8 Å². The van der Waals surface area contributed by atoms with Crippen molar-refractivity contribution in [1.82, 2.24) is 4.98 Å². The maximum atomic E-state index is 15.5. The van der Waals surface area contributed by atoms with Crippen molar-refractivity contribution in [3.8, 4) is 16.9 Å². The molecule has 3 N–H and O–H groups in total. The van der Waals surface area contributed by atoms with Crippen LogP contribution in [-0.2, 0) is 57.3 Å². The number of benzene rings is 2. The SMILES string of the molecule is NC=NC=NCC(O)(c1cc[c-]cc1F)[C-](F)c1ccc(-c2ccc(OCC(F)(F)F)cc2)cn1.[Hf].[Hf]. The number of ether oxygens (including phenoxy) is 1. The number of hydrogen-bond acceptors (Lipinski definition) is 4. The fourth-order valence-electron chi connectivity index (χ4n) is 3.09. The molecule has 37 heavy (non-hydrogen) atoms. The van der Waals surface area contributed by atoms with E-state index < -0.39 is 36.9 Å². The molecule has 3 aromatic rings. The van der Waals surface area contributed by atoms with Crippen LogP contribution in [0.15, 0.2) is 70.8 Å². The summed E-state index contributed by atoms with van der Waals surface area (Å²) in [6.45, 7) is -2.02. The van der Waals surface area contributed by atoms with Crippen molar-refractivity contribution in [1.29, 1.82) is 0 Å². The van der Waals surface area contributed by atoms with E-state index in [0.717, 1.165) is 18.7 Å². The number of hydrogen-bond donors (Lipinski definition) is 2. The first kappa shape index (κ1) is 32.8. The number of nitrogens with two attached hydrogens (primary N) is 1. The molecular weight excluding hydrogens is 828 g/mol. The zero-order valence-corrected chi connectivity index (χ0v) is 26.2. The van der Waals surface area contributed by atoms with Crippen molar-refractivity contribution >= 4 is 12.7 Å². The Kier molecular flexibility index (Phi) is 13.0. The molecule has 0 radical (unpaired) electrons. The summed E-state index contributed by atoms with van der Waals surface area (Å²) in [4.78, 5) is 11.4. The van der Waals surface area contributed by atoms with Crippen LogP contribution in [0.25, 0.3) is 11.1 Å². The molecule has 0 aliphatic carbocycles. The molecule has 0 fully saturated rings. The van der Waals surface area contributed by atoms with Gasteiger partial charge in [-0.15, -0.1) is 17.7 Å². The summed E-state index contributed by atoms with van der Waals surface area (Å²) in [6.07, 6.45) is -2.37. The Morgan fingerprint density at radius 1 is 1.08 bits per heavy atom. The molecule has 6 nitrogen and oxygen atoms in total. The van der Waals surface area contributed by atoms with Crippen LogP contribution < -0.4 is 10.5 Å². The molecule has 192 valence electrons. The minimum absolute atomic E-state index is 0. The Hall–Kier alpha value is -2.25. The third-order valence-electron chi connectivity index (χ3n) is 4.76. The molecule has 0 aliphatic rings. The van der Waals surface area contributed by atoms with E-state index in [9.17, 15) is 22.7 Å². The van der Waals surface area contributed by atoms with E-state index in [-0.39, 0.29) is 68.7 Å². The van der Waals surface area contributed by atoms with Crippen LogP contribution >= 0.6 is 0 Å². The predicted octanol–water partition coefficient (Wildman–Crippen LogP) is 4.38. The van der Waals surface area contributed by atoms with Crippen LogP contribution in [0.1, 0.15) is 11.3 Å². The second kappa shape index (κ2) is 14.6. The van der Waals surface area contributed by atoms with E-state index in [2.05, 4.69) is 25.8 Å². The molecular formula is C24H19F5Hf2N4O2-2. The van der Waals surface area contributed by atoms with E-state index in [0.29, 0.717) is 11.1 Å². The fraction of sp³-hybridized carbons (Fsp3) is 0.167. The summed E-state index contributed by atoms with van der Waals surface area (Å²) < 4.78 is 71.4. The first-order chi connectivity index (χ1) is 16.6. The second-order valence-electron chi connectivity index (χ2n) is 7.19. The van der Waals surface area contributed by atoms with E-state index in [4.69, 9.17) is 5.73 Å². The van der Waals surface area contributed by atoms with Crippen LogP contribution in [0.3, 0.4) is 0 Å². The monoisotopic (exact) mass is 850 g/mol. The van der Waals surface area contributed by atoms with Gasteiger partial charge in [0, 0.05) is 69.9 Å². The summed E-state index contributed by atoms with van der Waals surface area (Å²) in [5.41, 5.74) is 3.07. The number of aliphatic hydroxyl groups is 1. The summed E-state index contributed by atoms with van der Waals surface area (Å²) >= 11 is 0. The minimum atomic E-state index is -4.45. The molecule has 1 heterocycles. The van der Waals surface area contributed by atoms with E-state index in [1.165, 1.54) is 54.7 Å². The third-order valence-corrected chi connectivity index (χ3v) is 4.76. The average Bonchev–Trinajstić information content (AvgIpc) is 2.85. The standard InChI is InChI=1S/C24H19F5N4O2.2Hf/c25-20-4-2-1-3-19(20)23(34,12-31-15-32-14-30)22(26)21-10-7-17(11-33-21)16-5-8-18(9-6-16)35-13-24(27,28)29;;/h1,3-11,14-15,34H,12-13H2,(H2,30,31,32);;/q-2;;. The van der Waals surface area contributed by atoms with Crippen molar-refractivity contribution in [2.75, 3.05) is 13.2 Å². The molecule has 2 aromatic carbocycles. The quantitative estimate of drug-likeness (QED) is 0.110. The number of nitrogens with zero attached hydrogens (tertiary/aromatic N) is 3. The van der Waals surface area contributed by atoms with Crippen LogP contribution in [0.4, 0.5) is 22.0 Å². The van der Waals surface area contributed by atoms with Gasteiger partial charge in [-0.2, -0.15) is 37.4 Å². The molecule has 0 spiro atoms. The zero-order chi connectivity index (χ0) is 25.5. The van der Waals surface area contributed by atoms with Crippen LogP contribution in [-0.4, -0.2) is 42.1 Å². The Morgan fingerprint density at radius 3 is 2.32 bits per heavy atom. The molecule has 0 amide bonds. The Morgan fingerprint density at radius 2 is 1.76 bits per heavy atom. The number of aliphatic imine (C=N–C) groups is 2. The van der Waals surface area contributed by atoms with Gasteiger partial charge in [-0.25, -0.2) is 4.99 Å². The largest absolute Gasteiger partial charge is 0.484 e. The minimum Gasteiger partial charge on any atom is -0.484 e. The predicted molar refractivity (Wildman–Crippen MR) is 120 cm³/mol. The first-order valence-corrected chi connectivity index (χ1v) is 10.0. The van der Waals surface area contributed by atoms with Gasteiger partial charge in [0.05, 0.1) is 18.5 Å². The van der Waals surface area contributed by atoms with Crippen LogP contribution in [0, 0.1) is 18.1 Å². The maximum absolute atomic E-state index is 15.5. The molecule has 0 bridgehead atoms. The molecule has 0 aliphatic heterocycles. The smallest absolute Gasteiger partial charge is 0.422 e. The maximum Gasteiger partial charge on any atom is 0.422 e. The molecule has 13 heteroatoms. The first-order valence-electron chi connectivity index (χ1n) is 10.0. The average molecular weight is 847 g/mol. The Bertz CT molecular complexity index is 1180. The Labute approximate surface area is 247 Å². The van der Waals surface area contributed by atoms with Gasteiger partial charge in [0.25, 0.3) is 0 Å². The summed E-state index contributed by atoms with van der Waals surface area (Å²) in [7, 11) is 0. The molecule has 1 unspecified atom stereocenters. The number of rotatable bonds is 9. The van der Waals surface area contributed by atoms with Gasteiger partial charge in [-0.05, 0) is 23.3 Å². The van der Waals surface area contributed by atoms with Crippen molar-refractivity contribution < 1.29 is 83.5 Å². The van der Waals surface area contributed by atoms with Gasteiger partial charge >= 0.3 is 6.18 Å². The third kappa shape index (κ3) is 8.92. The van der Waals surface area contributed by atoms with Gasteiger partial charge < -0.3 is 20.0 Å². The Balaban J connectivity index is 0.00000342. The number of pyridine rings is 1. The van der Waals surface area contributed by atoms with E-state index in [1.54, 1.807) is 0 Å². The van der Waals surface area contributed by atoms with E-state index in [1.807, 2.05) is 0 Å².